The van der Waals surface area contributed by atoms with E-state index >= 15 is 0 Å². The van der Waals surface area contributed by atoms with Crippen molar-refractivity contribution in [3.63, 3.8) is 0 Å². The summed E-state index contributed by atoms with van der Waals surface area (Å²) in [5, 5.41) is -0.884. The number of hydrogen-bond acceptors (Lipinski definition) is 3. The van der Waals surface area contributed by atoms with Gasteiger partial charge >= 0.3 is 11.5 Å². The summed E-state index contributed by atoms with van der Waals surface area (Å²) in [4.78, 5) is 10.3. The molecule has 0 N–H and O–H groups in total. The normalized spacial score (nSPS) is 11.3. The molecule has 0 saturated heterocycles. The van der Waals surface area contributed by atoms with Crippen LogP contribution in [0.25, 0.3) is 0 Å². The van der Waals surface area contributed by atoms with Crippen LogP contribution in [0.4, 0.5) is 18.0 Å². The third kappa shape index (κ3) is 7.51. The van der Waals surface area contributed by atoms with Crippen LogP contribution < -0.4 is 0 Å². The fraction of sp³-hybridized carbons (Fsp3) is 0.800. The maximum atomic E-state index is 11.4. The van der Waals surface area contributed by atoms with Crippen LogP contribution in [-0.2, 0) is 4.74 Å². The Kier molecular flexibility index (Phi) is 4.32. The summed E-state index contributed by atoms with van der Waals surface area (Å²) in [5.41, 5.74) is 0. The predicted molar refractivity (Wildman–Crippen MR) is 35.5 cm³/mol. The lowest BCUT2D eigenvalue weighted by Crippen LogP contribution is -2.18. The van der Waals surface area contributed by atoms with E-state index in [9.17, 15) is 18.0 Å². The second-order valence-corrected chi connectivity index (χ2v) is 2.79. The van der Waals surface area contributed by atoms with Crippen molar-refractivity contribution in [2.24, 2.45) is 0 Å². The summed E-state index contributed by atoms with van der Waals surface area (Å²) >= 11 is 0.711. The summed E-state index contributed by atoms with van der Waals surface area (Å²) < 4.78 is 38.0. The molecule has 0 fully saturated rings. The van der Waals surface area contributed by atoms with Crippen molar-refractivity contribution in [1.29, 1.82) is 0 Å². The lowest BCUT2D eigenvalue weighted by molar-refractivity contribution is -0.158. The molecule has 0 aliphatic rings. The van der Waals surface area contributed by atoms with Gasteiger partial charge in [-0.15, -0.1) is 0 Å². The highest BCUT2D eigenvalue weighted by Gasteiger charge is 2.29. The van der Waals surface area contributed by atoms with Crippen molar-refractivity contribution in [3.05, 3.63) is 0 Å². The van der Waals surface area contributed by atoms with Crippen LogP contribution in [-0.4, -0.2) is 23.8 Å². The van der Waals surface area contributed by atoms with E-state index in [1.165, 1.54) is 0 Å². The minimum atomic E-state index is -4.43. The molecule has 0 radical (unpaired) electrons. The number of thioether (sulfide) groups is 1. The van der Waals surface area contributed by atoms with Crippen LogP contribution in [0.15, 0.2) is 0 Å². The molecule has 0 unspecified atom stereocenters. The molecule has 0 aromatic heterocycles. The zero-order valence-corrected chi connectivity index (χ0v) is 6.59. The van der Waals surface area contributed by atoms with Crippen LogP contribution in [0.5, 0.6) is 0 Å². The van der Waals surface area contributed by atoms with Crippen LogP contribution >= 0.6 is 11.8 Å². The Hall–Kier alpha value is -0.390. The van der Waals surface area contributed by atoms with Gasteiger partial charge in [-0.1, -0.05) is 6.92 Å². The minimum absolute atomic E-state index is 0.413. The summed E-state index contributed by atoms with van der Waals surface area (Å²) in [7, 11) is 0. The van der Waals surface area contributed by atoms with Gasteiger partial charge in [0, 0.05) is 5.75 Å². The molecule has 0 heterocycles. The topological polar surface area (TPSA) is 26.3 Å². The molecular formula is C5H7F3O2S. The monoisotopic (exact) mass is 188 g/mol. The first-order chi connectivity index (χ1) is 4.95. The van der Waals surface area contributed by atoms with Gasteiger partial charge in [0.15, 0.2) is 6.61 Å². The van der Waals surface area contributed by atoms with Gasteiger partial charge in [0.05, 0.1) is 0 Å². The van der Waals surface area contributed by atoms with E-state index in [1.807, 2.05) is 0 Å². The molecule has 0 spiro atoms. The maximum Gasteiger partial charge on any atom is 0.422 e. The van der Waals surface area contributed by atoms with E-state index in [4.69, 9.17) is 0 Å². The Bertz CT molecular complexity index is 134. The molecule has 0 aliphatic heterocycles. The molecule has 66 valence electrons. The van der Waals surface area contributed by atoms with Crippen molar-refractivity contribution in [2.75, 3.05) is 12.4 Å². The summed E-state index contributed by atoms with van der Waals surface area (Å²) in [5.74, 6) is 0.413. The number of ether oxygens (including phenoxy) is 1. The van der Waals surface area contributed by atoms with Gasteiger partial charge in [0.1, 0.15) is 0 Å². The molecule has 0 saturated carbocycles. The lowest BCUT2D eigenvalue weighted by atomic mass is 10.7. The average molecular weight is 188 g/mol. The zero-order chi connectivity index (χ0) is 8.91. The highest BCUT2D eigenvalue weighted by molar-refractivity contribution is 8.13. The van der Waals surface area contributed by atoms with E-state index in [0.717, 1.165) is 0 Å². The molecule has 0 atom stereocenters. The second kappa shape index (κ2) is 4.48. The molecular weight excluding hydrogens is 181 g/mol. The first-order valence-corrected chi connectivity index (χ1v) is 3.80. The minimum Gasteiger partial charge on any atom is -0.448 e. The third-order valence-corrected chi connectivity index (χ3v) is 1.26. The molecule has 0 amide bonds. The van der Waals surface area contributed by atoms with Gasteiger partial charge in [-0.3, -0.25) is 0 Å². The van der Waals surface area contributed by atoms with Gasteiger partial charge in [-0.2, -0.15) is 13.2 Å². The first-order valence-electron chi connectivity index (χ1n) is 2.82. The van der Waals surface area contributed by atoms with Gasteiger partial charge in [0.2, 0.25) is 0 Å². The molecule has 0 rings (SSSR count). The summed E-state index contributed by atoms with van der Waals surface area (Å²) in [6.07, 6.45) is -4.43. The molecule has 0 bridgehead atoms. The first kappa shape index (κ1) is 10.6. The Balaban J connectivity index is 3.46. The molecule has 0 aliphatic carbocycles. The van der Waals surface area contributed by atoms with Crippen molar-refractivity contribution in [3.8, 4) is 0 Å². The number of halogens is 3. The standard InChI is InChI=1S/C5H7F3O2S/c1-2-11-4(9)10-3-5(6,7)8/h2-3H2,1H3. The van der Waals surface area contributed by atoms with E-state index in [1.54, 1.807) is 6.92 Å². The number of alkyl halides is 3. The highest BCUT2D eigenvalue weighted by Crippen LogP contribution is 2.16. The summed E-state index contributed by atoms with van der Waals surface area (Å²) in [6.45, 7) is 0.151. The molecule has 11 heavy (non-hydrogen) atoms. The maximum absolute atomic E-state index is 11.4. The number of rotatable bonds is 2. The van der Waals surface area contributed by atoms with Crippen LogP contribution in [0.3, 0.4) is 0 Å². The number of carbonyl (C=O) groups is 1. The van der Waals surface area contributed by atoms with Crippen molar-refractivity contribution >= 4 is 17.1 Å². The van der Waals surface area contributed by atoms with Crippen molar-refractivity contribution in [1.82, 2.24) is 0 Å². The Morgan fingerprint density at radius 1 is 1.55 bits per heavy atom. The smallest absolute Gasteiger partial charge is 0.422 e. The fourth-order valence-electron chi connectivity index (χ4n) is 0.300. The number of carbonyl (C=O) groups excluding carboxylic acids is 1. The fourth-order valence-corrected chi connectivity index (χ4v) is 0.678. The SMILES string of the molecule is CCSC(=O)OCC(F)(F)F. The summed E-state index contributed by atoms with van der Waals surface area (Å²) in [6, 6.07) is 0. The average Bonchev–Trinajstić information content (AvgIpc) is 1.83. The molecule has 0 aromatic carbocycles. The zero-order valence-electron chi connectivity index (χ0n) is 5.77. The van der Waals surface area contributed by atoms with E-state index in [-0.39, 0.29) is 0 Å². The van der Waals surface area contributed by atoms with Gasteiger partial charge in [0.25, 0.3) is 0 Å². The van der Waals surface area contributed by atoms with Crippen LogP contribution in [0.1, 0.15) is 6.92 Å². The Labute approximate surface area is 66.1 Å². The number of hydrogen-bond donors (Lipinski definition) is 0. The predicted octanol–water partition coefficient (Wildman–Crippen LogP) is 2.44. The van der Waals surface area contributed by atoms with Gasteiger partial charge < -0.3 is 4.74 Å². The van der Waals surface area contributed by atoms with Gasteiger partial charge in [-0.25, -0.2) is 4.79 Å². The van der Waals surface area contributed by atoms with E-state index < -0.39 is 18.1 Å². The van der Waals surface area contributed by atoms with Crippen molar-refractivity contribution < 1.29 is 22.7 Å². The largest absolute Gasteiger partial charge is 0.448 e. The molecule has 0 aromatic rings. The Morgan fingerprint density at radius 2 is 2.09 bits per heavy atom. The lowest BCUT2D eigenvalue weighted by Gasteiger charge is -2.05. The highest BCUT2D eigenvalue weighted by atomic mass is 32.2. The van der Waals surface area contributed by atoms with Crippen LogP contribution in [0.2, 0.25) is 0 Å². The van der Waals surface area contributed by atoms with Gasteiger partial charge in [-0.05, 0) is 11.8 Å². The van der Waals surface area contributed by atoms with Crippen LogP contribution in [0, 0.1) is 0 Å². The molecule has 2 nitrogen and oxygen atoms in total. The van der Waals surface area contributed by atoms with Crippen molar-refractivity contribution in [2.45, 2.75) is 13.1 Å². The quantitative estimate of drug-likeness (QED) is 0.622. The van der Waals surface area contributed by atoms with E-state index in [0.29, 0.717) is 17.5 Å². The van der Waals surface area contributed by atoms with E-state index in [2.05, 4.69) is 4.74 Å². The Morgan fingerprint density at radius 3 is 2.45 bits per heavy atom. The second-order valence-electron chi connectivity index (χ2n) is 1.59. The molecule has 6 heteroatoms. The third-order valence-electron chi connectivity index (χ3n) is 0.616.